The van der Waals surface area contributed by atoms with Crippen molar-refractivity contribution in [3.05, 3.63) is 139 Å². The molecule has 0 fully saturated rings. The number of hydrogen-bond acceptors (Lipinski definition) is 5. The van der Waals surface area contributed by atoms with Gasteiger partial charge >= 0.3 is 11.9 Å². The van der Waals surface area contributed by atoms with Crippen LogP contribution in [0.25, 0.3) is 0 Å². The quantitative estimate of drug-likeness (QED) is 0.149. The van der Waals surface area contributed by atoms with Crippen LogP contribution in [0.4, 0.5) is 0 Å². The van der Waals surface area contributed by atoms with Gasteiger partial charge in [-0.25, -0.2) is 9.59 Å². The second-order valence-electron chi connectivity index (χ2n) is 8.30. The van der Waals surface area contributed by atoms with Crippen molar-refractivity contribution in [1.29, 1.82) is 0 Å². The highest BCUT2D eigenvalue weighted by Crippen LogP contribution is 2.48. The van der Waals surface area contributed by atoms with E-state index in [1.807, 2.05) is 91.0 Å². The molecule has 5 nitrogen and oxygen atoms in total. The Hall–Kier alpha value is -4.47. The number of hydrogen-bond donors (Lipinski definition) is 0. The fraction of sp³-hybridized carbons (Fsp3) is 0.0625. The van der Waals surface area contributed by atoms with Gasteiger partial charge in [-0.1, -0.05) is 121 Å². The van der Waals surface area contributed by atoms with Gasteiger partial charge in [0.2, 0.25) is 0 Å². The molecule has 0 bridgehead atoms. The molecule has 0 spiro atoms. The SMILES string of the molecule is COC(=O)C(/C(=C/C(=O)c1ccccc1)C(=O)OC)=P(c1ccccc1)(c1ccccc1)c1ccccc1. The summed E-state index contributed by atoms with van der Waals surface area (Å²) in [6.45, 7) is -3.09. The van der Waals surface area contributed by atoms with Crippen molar-refractivity contribution >= 4 is 45.8 Å². The number of allylic oxidation sites excluding steroid dienone is 1. The van der Waals surface area contributed by atoms with Gasteiger partial charge in [-0.3, -0.25) is 4.79 Å². The highest BCUT2D eigenvalue weighted by molar-refractivity contribution is 7.96. The molecule has 0 amide bonds. The molecule has 4 rings (SSSR count). The lowest BCUT2D eigenvalue weighted by Gasteiger charge is -2.32. The molecule has 4 aromatic rings. The van der Waals surface area contributed by atoms with E-state index in [2.05, 4.69) is 0 Å². The zero-order valence-electron chi connectivity index (χ0n) is 21.1. The predicted molar refractivity (Wildman–Crippen MR) is 153 cm³/mol. The van der Waals surface area contributed by atoms with Gasteiger partial charge in [-0.05, 0) is 22.8 Å². The van der Waals surface area contributed by atoms with E-state index in [0.717, 1.165) is 15.9 Å². The lowest BCUT2D eigenvalue weighted by atomic mass is 10.1. The van der Waals surface area contributed by atoms with Crippen LogP contribution in [0.5, 0.6) is 0 Å². The average molecular weight is 523 g/mol. The van der Waals surface area contributed by atoms with E-state index in [9.17, 15) is 14.4 Å². The number of carbonyl (C=O) groups is 3. The standard InChI is InChI=1S/C32H27O5P/c1-36-31(34)28(23-29(33)24-15-7-3-8-16-24)30(32(35)37-2)38(25-17-9-4-10-18-25,26-19-11-5-12-20-26)27-21-13-6-14-22-27/h3-23H,1-2H3/b28-23-. The van der Waals surface area contributed by atoms with Crippen molar-refractivity contribution in [2.24, 2.45) is 0 Å². The summed E-state index contributed by atoms with van der Waals surface area (Å²) in [5, 5.41) is 2.54. The molecule has 0 aromatic heterocycles. The Bertz CT molecular complexity index is 1410. The van der Waals surface area contributed by atoms with Crippen LogP contribution in [-0.4, -0.2) is 37.2 Å². The number of ketones is 1. The first-order valence-corrected chi connectivity index (χ1v) is 13.7. The third-order valence-corrected chi connectivity index (χ3v) is 10.5. The average Bonchev–Trinajstić information content (AvgIpc) is 3.00. The Kier molecular flexibility index (Phi) is 8.52. The van der Waals surface area contributed by atoms with E-state index in [-0.39, 0.29) is 10.9 Å². The maximum Gasteiger partial charge on any atom is 0.339 e. The van der Waals surface area contributed by atoms with Crippen LogP contribution in [-0.2, 0) is 19.1 Å². The Morgan fingerprint density at radius 3 is 1.29 bits per heavy atom. The van der Waals surface area contributed by atoms with E-state index in [0.29, 0.717) is 5.56 Å². The number of benzene rings is 4. The molecular formula is C32H27O5P. The normalized spacial score (nSPS) is 11.4. The van der Waals surface area contributed by atoms with Crippen molar-refractivity contribution in [3.63, 3.8) is 0 Å². The Morgan fingerprint density at radius 1 is 0.553 bits per heavy atom. The van der Waals surface area contributed by atoms with E-state index < -0.39 is 24.6 Å². The van der Waals surface area contributed by atoms with Crippen LogP contribution in [0, 0.1) is 0 Å². The van der Waals surface area contributed by atoms with Crippen LogP contribution in [0.1, 0.15) is 10.4 Å². The van der Waals surface area contributed by atoms with Crippen LogP contribution < -0.4 is 15.9 Å². The van der Waals surface area contributed by atoms with E-state index in [1.165, 1.54) is 20.3 Å². The molecule has 4 aromatic carbocycles. The minimum absolute atomic E-state index is 0.0831. The van der Waals surface area contributed by atoms with Crippen LogP contribution in [0.15, 0.2) is 133 Å². The first kappa shape index (κ1) is 26.6. The van der Waals surface area contributed by atoms with Crippen molar-refractivity contribution < 1.29 is 23.9 Å². The van der Waals surface area contributed by atoms with Gasteiger partial charge < -0.3 is 9.47 Å². The molecule has 0 saturated heterocycles. The molecule has 0 heterocycles. The zero-order chi connectivity index (χ0) is 27.0. The topological polar surface area (TPSA) is 69.7 Å². The minimum Gasteiger partial charge on any atom is -0.465 e. The van der Waals surface area contributed by atoms with E-state index in [4.69, 9.17) is 9.47 Å². The van der Waals surface area contributed by atoms with Crippen LogP contribution in [0.2, 0.25) is 0 Å². The van der Waals surface area contributed by atoms with Crippen molar-refractivity contribution in [3.8, 4) is 0 Å². The molecule has 0 radical (unpaired) electrons. The largest absolute Gasteiger partial charge is 0.465 e. The second-order valence-corrected chi connectivity index (χ2v) is 11.6. The van der Waals surface area contributed by atoms with E-state index in [1.54, 1.807) is 30.3 Å². The van der Waals surface area contributed by atoms with Crippen molar-refractivity contribution in [2.45, 2.75) is 0 Å². The van der Waals surface area contributed by atoms with Crippen molar-refractivity contribution in [1.82, 2.24) is 0 Å². The molecule has 38 heavy (non-hydrogen) atoms. The Morgan fingerprint density at radius 2 is 0.921 bits per heavy atom. The summed E-state index contributed by atoms with van der Waals surface area (Å²) < 4.78 is 10.5. The summed E-state index contributed by atoms with van der Waals surface area (Å²) in [6, 6.07) is 37.2. The van der Waals surface area contributed by atoms with Gasteiger partial charge in [0.05, 0.1) is 25.1 Å². The predicted octanol–water partition coefficient (Wildman–Crippen LogP) is 4.31. The molecule has 0 atom stereocenters. The smallest absolute Gasteiger partial charge is 0.339 e. The van der Waals surface area contributed by atoms with Gasteiger partial charge in [-0.2, -0.15) is 0 Å². The number of ether oxygens (including phenoxy) is 2. The minimum atomic E-state index is -3.09. The molecule has 0 aliphatic rings. The number of carbonyl (C=O) groups excluding carboxylic acids is 3. The first-order valence-electron chi connectivity index (χ1n) is 12.0. The third-order valence-electron chi connectivity index (χ3n) is 6.14. The lowest BCUT2D eigenvalue weighted by molar-refractivity contribution is -0.137. The summed E-state index contributed by atoms with van der Waals surface area (Å²) in [5.41, 5.74) is 0.235. The second kappa shape index (κ2) is 12.2. The van der Waals surface area contributed by atoms with Gasteiger partial charge in [0.1, 0.15) is 0 Å². The van der Waals surface area contributed by atoms with E-state index >= 15 is 0 Å². The van der Waals surface area contributed by atoms with Gasteiger partial charge in [0.15, 0.2) is 5.78 Å². The molecule has 0 unspecified atom stereocenters. The summed E-state index contributed by atoms with van der Waals surface area (Å²) in [4.78, 5) is 40.7. The number of methoxy groups -OCH3 is 2. The van der Waals surface area contributed by atoms with Gasteiger partial charge in [0.25, 0.3) is 0 Å². The fourth-order valence-electron chi connectivity index (χ4n) is 4.46. The van der Waals surface area contributed by atoms with Crippen LogP contribution in [0.3, 0.4) is 0 Å². The zero-order valence-corrected chi connectivity index (χ0v) is 22.0. The van der Waals surface area contributed by atoms with Gasteiger partial charge in [-0.15, -0.1) is 0 Å². The summed E-state index contributed by atoms with van der Waals surface area (Å²) in [5.74, 6) is -1.95. The lowest BCUT2D eigenvalue weighted by Crippen LogP contribution is -2.37. The fourth-order valence-corrected chi connectivity index (χ4v) is 8.87. The number of rotatable bonds is 8. The highest BCUT2D eigenvalue weighted by atomic mass is 31.2. The molecule has 0 N–H and O–H groups in total. The number of esters is 2. The summed E-state index contributed by atoms with van der Waals surface area (Å²) in [7, 11) is 2.50. The maximum atomic E-state index is 13.9. The molecule has 0 aliphatic carbocycles. The Labute approximate surface area is 222 Å². The molecule has 6 heteroatoms. The maximum absolute atomic E-state index is 13.9. The summed E-state index contributed by atoms with van der Waals surface area (Å²) in [6.07, 6.45) is 1.19. The van der Waals surface area contributed by atoms with Gasteiger partial charge in [0, 0.05) is 11.6 Å². The molecule has 190 valence electrons. The molecular weight excluding hydrogens is 495 g/mol. The molecule has 0 saturated carbocycles. The Balaban J connectivity index is 2.27. The summed E-state index contributed by atoms with van der Waals surface area (Å²) >= 11 is 0. The van der Waals surface area contributed by atoms with Crippen molar-refractivity contribution in [2.75, 3.05) is 14.2 Å². The monoisotopic (exact) mass is 522 g/mol. The third kappa shape index (κ3) is 5.15. The highest BCUT2D eigenvalue weighted by Gasteiger charge is 2.38. The molecule has 0 aliphatic heterocycles. The van der Waals surface area contributed by atoms with Crippen LogP contribution >= 0.6 is 6.89 Å². The first-order chi connectivity index (χ1) is 18.5.